The monoisotopic (exact) mass is 261 g/mol. The predicted molar refractivity (Wildman–Crippen MR) is 75.7 cm³/mol. The van der Waals surface area contributed by atoms with Gasteiger partial charge < -0.3 is 10.1 Å². The molecule has 1 aromatic carbocycles. The minimum atomic E-state index is 0.00112. The van der Waals surface area contributed by atoms with Crippen LogP contribution in [0.5, 0.6) is 0 Å². The third-order valence-corrected chi connectivity index (χ3v) is 3.63. The maximum absolute atomic E-state index is 11.8. The molecule has 0 radical (unpaired) electrons. The van der Waals surface area contributed by atoms with Crippen molar-refractivity contribution in [3.05, 3.63) is 35.9 Å². The molecule has 1 aromatic rings. The van der Waals surface area contributed by atoms with Gasteiger partial charge in [0.05, 0.1) is 5.92 Å². The highest BCUT2D eigenvalue weighted by Gasteiger charge is 2.21. The molecular weight excluding hydrogens is 238 g/mol. The van der Waals surface area contributed by atoms with Crippen LogP contribution < -0.4 is 5.32 Å². The summed E-state index contributed by atoms with van der Waals surface area (Å²) in [6, 6.07) is 10.2. The van der Waals surface area contributed by atoms with Crippen LogP contribution in [0.1, 0.15) is 37.7 Å². The smallest absolute Gasteiger partial charge is 0.308 e. The van der Waals surface area contributed by atoms with E-state index in [1.165, 1.54) is 24.8 Å². The summed E-state index contributed by atoms with van der Waals surface area (Å²) in [6.45, 7) is 2.01. The van der Waals surface area contributed by atoms with Crippen LogP contribution >= 0.6 is 0 Å². The van der Waals surface area contributed by atoms with Crippen LogP contribution in [-0.2, 0) is 16.1 Å². The Kier molecular flexibility index (Phi) is 5.89. The summed E-state index contributed by atoms with van der Waals surface area (Å²) in [4.78, 5) is 11.8. The van der Waals surface area contributed by atoms with E-state index >= 15 is 0 Å². The zero-order chi connectivity index (χ0) is 13.3. The number of carbonyl (C=O) groups is 1. The minimum absolute atomic E-state index is 0.00112. The van der Waals surface area contributed by atoms with Gasteiger partial charge in [-0.15, -0.1) is 0 Å². The predicted octanol–water partition coefficient (Wildman–Crippen LogP) is 2.90. The Morgan fingerprint density at radius 3 is 2.63 bits per heavy atom. The normalized spacial score (nSPS) is 16.2. The third-order valence-electron chi connectivity index (χ3n) is 3.63. The van der Waals surface area contributed by atoms with Crippen LogP contribution in [-0.4, -0.2) is 19.1 Å². The zero-order valence-corrected chi connectivity index (χ0v) is 11.4. The van der Waals surface area contributed by atoms with E-state index in [-0.39, 0.29) is 11.9 Å². The molecule has 0 atom stereocenters. The molecule has 0 heterocycles. The molecular formula is C16H23NO2. The largest absolute Gasteiger partial charge is 0.464 e. The van der Waals surface area contributed by atoms with Crippen molar-refractivity contribution in [1.29, 1.82) is 0 Å². The number of rotatable bonds is 6. The highest BCUT2D eigenvalue weighted by molar-refractivity contribution is 5.72. The van der Waals surface area contributed by atoms with Gasteiger partial charge in [-0.05, 0) is 18.4 Å². The summed E-state index contributed by atoms with van der Waals surface area (Å²) in [5.41, 5.74) is 1.25. The molecule has 0 unspecified atom stereocenters. The lowest BCUT2D eigenvalue weighted by Gasteiger charge is -2.19. The quantitative estimate of drug-likeness (QED) is 0.632. The fourth-order valence-electron chi connectivity index (χ4n) is 2.51. The van der Waals surface area contributed by atoms with Crippen LogP contribution in [0.25, 0.3) is 0 Å². The maximum Gasteiger partial charge on any atom is 0.308 e. The average Bonchev–Trinajstić information content (AvgIpc) is 2.49. The van der Waals surface area contributed by atoms with Gasteiger partial charge in [-0.25, -0.2) is 0 Å². The van der Waals surface area contributed by atoms with Crippen molar-refractivity contribution < 1.29 is 9.53 Å². The summed E-state index contributed by atoms with van der Waals surface area (Å²) in [6.07, 6.45) is 5.63. The molecule has 1 aliphatic rings. The van der Waals surface area contributed by atoms with Crippen LogP contribution in [0.3, 0.4) is 0 Å². The number of benzene rings is 1. The molecule has 1 aliphatic carbocycles. The van der Waals surface area contributed by atoms with Crippen molar-refractivity contribution in [2.75, 3.05) is 13.2 Å². The molecule has 2 rings (SSSR count). The van der Waals surface area contributed by atoms with Gasteiger partial charge in [0.1, 0.15) is 6.61 Å². The van der Waals surface area contributed by atoms with E-state index in [1.54, 1.807) is 0 Å². The van der Waals surface area contributed by atoms with Gasteiger partial charge in [0.2, 0.25) is 0 Å². The Hall–Kier alpha value is -1.35. The van der Waals surface area contributed by atoms with E-state index in [9.17, 15) is 4.79 Å². The Bertz CT molecular complexity index is 372. The van der Waals surface area contributed by atoms with E-state index in [4.69, 9.17) is 4.74 Å². The van der Waals surface area contributed by atoms with Crippen molar-refractivity contribution >= 4 is 5.97 Å². The molecule has 0 aromatic heterocycles. The minimum Gasteiger partial charge on any atom is -0.464 e. The van der Waals surface area contributed by atoms with Crippen LogP contribution in [0.4, 0.5) is 0 Å². The second-order valence-corrected chi connectivity index (χ2v) is 5.16. The van der Waals surface area contributed by atoms with Gasteiger partial charge in [-0.1, -0.05) is 49.6 Å². The number of nitrogens with one attached hydrogen (secondary N) is 1. The first-order chi connectivity index (χ1) is 9.36. The molecule has 0 spiro atoms. The van der Waals surface area contributed by atoms with Crippen molar-refractivity contribution in [2.24, 2.45) is 5.92 Å². The standard InChI is InChI=1S/C16H23NO2/c18-16(15-9-5-2-6-10-15)19-12-11-17-13-14-7-3-1-4-8-14/h1,3-4,7-8,15,17H,2,5-6,9-13H2. The Labute approximate surface area is 115 Å². The Morgan fingerprint density at radius 1 is 1.16 bits per heavy atom. The molecule has 104 valence electrons. The molecule has 1 fully saturated rings. The molecule has 0 saturated heterocycles. The van der Waals surface area contributed by atoms with Gasteiger partial charge in [0.15, 0.2) is 0 Å². The van der Waals surface area contributed by atoms with Gasteiger partial charge in [-0.2, -0.15) is 0 Å². The van der Waals surface area contributed by atoms with Crippen molar-refractivity contribution in [3.8, 4) is 0 Å². The summed E-state index contributed by atoms with van der Waals surface area (Å²) >= 11 is 0. The summed E-state index contributed by atoms with van der Waals surface area (Å²) in [5, 5.41) is 3.28. The molecule has 0 aliphatic heterocycles. The lowest BCUT2D eigenvalue weighted by atomic mass is 9.89. The second kappa shape index (κ2) is 7.95. The summed E-state index contributed by atoms with van der Waals surface area (Å²) in [7, 11) is 0. The molecule has 1 N–H and O–H groups in total. The molecule has 19 heavy (non-hydrogen) atoms. The van der Waals surface area contributed by atoms with Crippen molar-refractivity contribution in [1.82, 2.24) is 5.32 Å². The van der Waals surface area contributed by atoms with E-state index < -0.39 is 0 Å². The lowest BCUT2D eigenvalue weighted by Crippen LogP contribution is -2.25. The number of hydrogen-bond acceptors (Lipinski definition) is 3. The van der Waals surface area contributed by atoms with Gasteiger partial charge in [0.25, 0.3) is 0 Å². The molecule has 0 amide bonds. The Morgan fingerprint density at radius 2 is 1.89 bits per heavy atom. The number of hydrogen-bond donors (Lipinski definition) is 1. The first kappa shape index (κ1) is 14.1. The maximum atomic E-state index is 11.8. The molecule has 1 saturated carbocycles. The lowest BCUT2D eigenvalue weighted by molar-refractivity contribution is -0.149. The first-order valence-corrected chi connectivity index (χ1v) is 7.27. The van der Waals surface area contributed by atoms with E-state index in [0.717, 1.165) is 19.4 Å². The van der Waals surface area contributed by atoms with E-state index in [1.807, 2.05) is 18.2 Å². The van der Waals surface area contributed by atoms with Crippen LogP contribution in [0.2, 0.25) is 0 Å². The van der Waals surface area contributed by atoms with Gasteiger partial charge in [-0.3, -0.25) is 4.79 Å². The number of ether oxygens (including phenoxy) is 1. The molecule has 3 nitrogen and oxygen atoms in total. The SMILES string of the molecule is O=C(OCCNCc1ccccc1)C1CCCCC1. The van der Waals surface area contributed by atoms with Gasteiger partial charge >= 0.3 is 5.97 Å². The molecule has 0 bridgehead atoms. The van der Waals surface area contributed by atoms with Crippen LogP contribution in [0, 0.1) is 5.92 Å². The highest BCUT2D eigenvalue weighted by atomic mass is 16.5. The summed E-state index contributed by atoms with van der Waals surface area (Å²) < 4.78 is 5.32. The summed E-state index contributed by atoms with van der Waals surface area (Å²) in [5.74, 6) is 0.157. The average molecular weight is 261 g/mol. The topological polar surface area (TPSA) is 38.3 Å². The zero-order valence-electron chi connectivity index (χ0n) is 11.4. The Balaban J connectivity index is 1.55. The highest BCUT2D eigenvalue weighted by Crippen LogP contribution is 2.24. The second-order valence-electron chi connectivity index (χ2n) is 5.16. The van der Waals surface area contributed by atoms with E-state index in [0.29, 0.717) is 13.2 Å². The fourth-order valence-corrected chi connectivity index (χ4v) is 2.51. The first-order valence-electron chi connectivity index (χ1n) is 7.27. The van der Waals surface area contributed by atoms with Gasteiger partial charge in [0, 0.05) is 13.1 Å². The van der Waals surface area contributed by atoms with Crippen molar-refractivity contribution in [2.45, 2.75) is 38.6 Å². The van der Waals surface area contributed by atoms with Crippen molar-refractivity contribution in [3.63, 3.8) is 0 Å². The molecule has 3 heteroatoms. The number of esters is 1. The fraction of sp³-hybridized carbons (Fsp3) is 0.562. The van der Waals surface area contributed by atoms with Crippen LogP contribution in [0.15, 0.2) is 30.3 Å². The van der Waals surface area contributed by atoms with E-state index in [2.05, 4.69) is 17.4 Å². The third kappa shape index (κ3) is 5.03. The number of carbonyl (C=O) groups excluding carboxylic acids is 1.